The van der Waals surface area contributed by atoms with E-state index in [0.29, 0.717) is 12.5 Å². The van der Waals surface area contributed by atoms with Crippen LogP contribution in [0.1, 0.15) is 25.3 Å². The van der Waals surface area contributed by atoms with Crippen molar-refractivity contribution in [2.24, 2.45) is 0 Å². The molecule has 4 heteroatoms. The molecule has 1 aliphatic heterocycles. The topological polar surface area (TPSA) is 32.3 Å². The van der Waals surface area contributed by atoms with E-state index in [-0.39, 0.29) is 5.91 Å². The molecule has 18 heavy (non-hydrogen) atoms. The molecule has 1 aromatic rings. The molecule has 0 atom stereocenters. The second-order valence-corrected chi connectivity index (χ2v) is 5.94. The molecule has 0 bridgehead atoms. The van der Waals surface area contributed by atoms with Gasteiger partial charge in [0, 0.05) is 17.2 Å². The number of likely N-dealkylation sites (N-methyl/N-ethyl adjacent to an activating group) is 1. The molecule has 0 aromatic heterocycles. The summed E-state index contributed by atoms with van der Waals surface area (Å²) in [5, 5.41) is 2.93. The van der Waals surface area contributed by atoms with E-state index < -0.39 is 0 Å². The third kappa shape index (κ3) is 2.70. The molecule has 1 N–H and O–H groups in total. The molecule has 0 aliphatic carbocycles. The summed E-state index contributed by atoms with van der Waals surface area (Å²) in [6, 6.07) is 6.45. The van der Waals surface area contributed by atoms with Crippen LogP contribution >= 0.6 is 11.8 Å². The van der Waals surface area contributed by atoms with Crippen molar-refractivity contribution in [3.63, 3.8) is 0 Å². The van der Waals surface area contributed by atoms with E-state index in [1.807, 2.05) is 16.7 Å². The number of carbonyl (C=O) groups is 1. The van der Waals surface area contributed by atoms with E-state index in [2.05, 4.69) is 37.4 Å². The number of benzene rings is 1. The summed E-state index contributed by atoms with van der Waals surface area (Å²) in [6.07, 6.45) is 0. The van der Waals surface area contributed by atoms with Gasteiger partial charge in [-0.25, -0.2) is 0 Å². The lowest BCUT2D eigenvalue weighted by Gasteiger charge is -2.29. The smallest absolute Gasteiger partial charge is 0.240 e. The van der Waals surface area contributed by atoms with Gasteiger partial charge in [0.15, 0.2) is 0 Å². The van der Waals surface area contributed by atoms with E-state index in [4.69, 9.17) is 0 Å². The Labute approximate surface area is 113 Å². The first kappa shape index (κ1) is 13.4. The molecule has 98 valence electrons. The fraction of sp³-hybridized carbons (Fsp3) is 0.500. The Morgan fingerprint density at radius 1 is 1.50 bits per heavy atom. The zero-order chi connectivity index (χ0) is 13.1. The molecule has 1 aromatic carbocycles. The number of anilines is 1. The third-order valence-corrected chi connectivity index (χ3v) is 4.17. The van der Waals surface area contributed by atoms with Gasteiger partial charge >= 0.3 is 0 Å². The Balaban J connectivity index is 2.30. The van der Waals surface area contributed by atoms with Crippen LogP contribution in [0.4, 0.5) is 5.69 Å². The highest BCUT2D eigenvalue weighted by Crippen LogP contribution is 2.36. The first-order valence-corrected chi connectivity index (χ1v) is 7.33. The van der Waals surface area contributed by atoms with Crippen LogP contribution in [0.5, 0.6) is 0 Å². The van der Waals surface area contributed by atoms with Crippen molar-refractivity contribution in [1.82, 2.24) is 5.32 Å². The summed E-state index contributed by atoms with van der Waals surface area (Å²) in [5.41, 5.74) is 2.40. The van der Waals surface area contributed by atoms with E-state index in [0.717, 1.165) is 18.0 Å². The Morgan fingerprint density at radius 3 is 2.94 bits per heavy atom. The molecular weight excluding hydrogens is 244 g/mol. The minimum atomic E-state index is 0.149. The van der Waals surface area contributed by atoms with Gasteiger partial charge < -0.3 is 10.2 Å². The zero-order valence-electron chi connectivity index (χ0n) is 11.2. The lowest BCUT2D eigenvalue weighted by Crippen LogP contribution is -2.40. The summed E-state index contributed by atoms with van der Waals surface area (Å²) in [4.78, 5) is 15.2. The van der Waals surface area contributed by atoms with Crippen molar-refractivity contribution in [3.8, 4) is 0 Å². The van der Waals surface area contributed by atoms with Crippen molar-refractivity contribution >= 4 is 23.4 Å². The molecule has 1 aliphatic rings. The molecule has 1 amide bonds. The second kappa shape index (κ2) is 5.76. The van der Waals surface area contributed by atoms with Crippen molar-refractivity contribution in [3.05, 3.63) is 23.8 Å². The van der Waals surface area contributed by atoms with Crippen LogP contribution in [0.2, 0.25) is 0 Å². The van der Waals surface area contributed by atoms with Gasteiger partial charge in [-0.3, -0.25) is 4.79 Å². The molecule has 0 saturated heterocycles. The summed E-state index contributed by atoms with van der Waals surface area (Å²) in [5.74, 6) is 1.65. The number of nitrogens with zero attached hydrogens (tertiary/aromatic N) is 1. The Hall–Kier alpha value is -1.00. The van der Waals surface area contributed by atoms with Crippen molar-refractivity contribution < 1.29 is 4.79 Å². The number of fused-ring (bicyclic) bond motifs is 1. The normalized spacial score (nSPS) is 14.8. The Morgan fingerprint density at radius 2 is 2.28 bits per heavy atom. The average Bonchev–Trinajstić information content (AvgIpc) is 2.37. The molecule has 1 heterocycles. The number of amides is 1. The van der Waals surface area contributed by atoms with Crippen molar-refractivity contribution in [2.75, 3.05) is 30.8 Å². The lowest BCUT2D eigenvalue weighted by atomic mass is 10.0. The predicted molar refractivity (Wildman–Crippen MR) is 77.5 cm³/mol. The molecule has 3 nitrogen and oxygen atoms in total. The number of thioether (sulfide) groups is 1. The van der Waals surface area contributed by atoms with Crippen LogP contribution in [0, 0.1) is 0 Å². The quantitative estimate of drug-likeness (QED) is 0.910. The first-order chi connectivity index (χ1) is 8.63. The van der Waals surface area contributed by atoms with Crippen LogP contribution in [0.3, 0.4) is 0 Å². The molecular formula is C14H20N2OS. The maximum Gasteiger partial charge on any atom is 0.240 e. The SMILES string of the molecule is CNCC(=O)N1CCSc2cc(C(C)C)ccc21. The summed E-state index contributed by atoms with van der Waals surface area (Å²) in [7, 11) is 1.80. The molecule has 0 fully saturated rings. The highest BCUT2D eigenvalue weighted by atomic mass is 32.2. The van der Waals surface area contributed by atoms with Crippen molar-refractivity contribution in [2.45, 2.75) is 24.7 Å². The number of hydrogen-bond donors (Lipinski definition) is 1. The molecule has 0 saturated carbocycles. The van der Waals surface area contributed by atoms with E-state index >= 15 is 0 Å². The molecule has 2 rings (SSSR count). The number of hydrogen-bond acceptors (Lipinski definition) is 3. The van der Waals surface area contributed by atoms with Crippen LogP contribution in [0.25, 0.3) is 0 Å². The van der Waals surface area contributed by atoms with Crippen LogP contribution in [0.15, 0.2) is 23.1 Å². The molecule has 0 unspecified atom stereocenters. The monoisotopic (exact) mass is 264 g/mol. The largest absolute Gasteiger partial charge is 0.311 e. The van der Waals surface area contributed by atoms with Gasteiger partial charge in [0.25, 0.3) is 0 Å². The molecule has 0 spiro atoms. The number of rotatable bonds is 3. The van der Waals surface area contributed by atoms with Gasteiger partial charge in [-0.15, -0.1) is 11.8 Å². The van der Waals surface area contributed by atoms with Gasteiger partial charge in [-0.05, 0) is 30.7 Å². The number of carbonyl (C=O) groups excluding carboxylic acids is 1. The minimum absolute atomic E-state index is 0.149. The minimum Gasteiger partial charge on any atom is -0.311 e. The fourth-order valence-corrected chi connectivity index (χ4v) is 3.14. The van der Waals surface area contributed by atoms with Crippen LogP contribution in [-0.2, 0) is 4.79 Å². The standard InChI is InChI=1S/C14H20N2OS/c1-10(2)11-4-5-12-13(8-11)18-7-6-16(12)14(17)9-15-3/h4-5,8,10,15H,6-7,9H2,1-3H3. The van der Waals surface area contributed by atoms with Crippen LogP contribution < -0.4 is 10.2 Å². The van der Waals surface area contributed by atoms with Crippen LogP contribution in [-0.4, -0.2) is 31.8 Å². The van der Waals surface area contributed by atoms with Gasteiger partial charge in [-0.1, -0.05) is 19.9 Å². The van der Waals surface area contributed by atoms with E-state index in [1.54, 1.807) is 7.05 Å². The fourth-order valence-electron chi connectivity index (χ4n) is 2.10. The highest BCUT2D eigenvalue weighted by molar-refractivity contribution is 7.99. The highest BCUT2D eigenvalue weighted by Gasteiger charge is 2.22. The lowest BCUT2D eigenvalue weighted by molar-refractivity contribution is -0.117. The number of nitrogens with one attached hydrogen (secondary N) is 1. The maximum absolute atomic E-state index is 12.0. The van der Waals surface area contributed by atoms with Gasteiger partial charge in [0.1, 0.15) is 0 Å². The average molecular weight is 264 g/mol. The Bertz CT molecular complexity index is 445. The van der Waals surface area contributed by atoms with Gasteiger partial charge in [-0.2, -0.15) is 0 Å². The van der Waals surface area contributed by atoms with Crippen molar-refractivity contribution in [1.29, 1.82) is 0 Å². The van der Waals surface area contributed by atoms with E-state index in [9.17, 15) is 4.79 Å². The third-order valence-electron chi connectivity index (χ3n) is 3.14. The summed E-state index contributed by atoms with van der Waals surface area (Å²) >= 11 is 1.85. The summed E-state index contributed by atoms with van der Waals surface area (Å²) < 4.78 is 0. The van der Waals surface area contributed by atoms with Gasteiger partial charge in [0.2, 0.25) is 5.91 Å². The predicted octanol–water partition coefficient (Wildman–Crippen LogP) is 2.47. The molecule has 0 radical (unpaired) electrons. The maximum atomic E-state index is 12.0. The first-order valence-electron chi connectivity index (χ1n) is 6.35. The second-order valence-electron chi connectivity index (χ2n) is 4.81. The van der Waals surface area contributed by atoms with E-state index in [1.165, 1.54) is 10.5 Å². The zero-order valence-corrected chi connectivity index (χ0v) is 12.0. The summed E-state index contributed by atoms with van der Waals surface area (Å²) in [6.45, 7) is 5.59. The van der Waals surface area contributed by atoms with Gasteiger partial charge in [0.05, 0.1) is 12.2 Å². The Kier molecular flexibility index (Phi) is 4.30.